The molecule has 1 aliphatic carbocycles. The number of aliphatic carboxylic acids is 1. The Kier molecular flexibility index (Phi) is 10.7. The van der Waals surface area contributed by atoms with Crippen molar-refractivity contribution in [3.8, 4) is 11.1 Å². The predicted octanol–water partition coefficient (Wildman–Crippen LogP) is 7.16. The largest absolute Gasteiger partial charge is 0.500 e. The Morgan fingerprint density at radius 1 is 0.857 bits per heavy atom. The van der Waals surface area contributed by atoms with E-state index in [1.165, 1.54) is 36.8 Å². The Hall–Kier alpha value is -2.25. The summed E-state index contributed by atoms with van der Waals surface area (Å²) in [7, 11) is -2.54. The van der Waals surface area contributed by atoms with Crippen molar-refractivity contribution >= 4 is 20.8 Å². The van der Waals surface area contributed by atoms with Gasteiger partial charge >= 0.3 is 14.8 Å². The first-order chi connectivity index (χ1) is 17.0. The third-order valence-electron chi connectivity index (χ3n) is 6.84. The molecule has 0 bridgehead atoms. The van der Waals surface area contributed by atoms with Crippen molar-refractivity contribution in [1.82, 2.24) is 0 Å². The molecular weight excluding hydrogens is 456 g/mol. The summed E-state index contributed by atoms with van der Waals surface area (Å²) in [5.74, 6) is 0.402. The molecule has 0 atom stereocenters. The third-order valence-corrected chi connectivity index (χ3v) is 9.93. The lowest BCUT2D eigenvalue weighted by Crippen LogP contribution is -2.46. The van der Waals surface area contributed by atoms with E-state index in [9.17, 15) is 4.79 Å². The van der Waals surface area contributed by atoms with Gasteiger partial charge in [-0.25, -0.2) is 4.79 Å². The van der Waals surface area contributed by atoms with Crippen molar-refractivity contribution in [2.24, 2.45) is 5.92 Å². The molecule has 0 heterocycles. The summed E-state index contributed by atoms with van der Waals surface area (Å²) in [6.45, 7) is 7.98. The molecule has 0 spiro atoms. The van der Waals surface area contributed by atoms with Crippen molar-refractivity contribution in [2.75, 3.05) is 19.8 Å². The van der Waals surface area contributed by atoms with Gasteiger partial charge in [0.25, 0.3) is 0 Å². The fraction of sp³-hybridized carbons (Fsp3) is 0.483. The molecule has 190 valence electrons. The average Bonchev–Trinajstić information content (AvgIpc) is 2.87. The highest BCUT2D eigenvalue weighted by atomic mass is 28.4. The highest BCUT2D eigenvalue weighted by molar-refractivity contribution is 6.60. The van der Waals surface area contributed by atoms with Gasteiger partial charge in [0.05, 0.1) is 0 Å². The van der Waals surface area contributed by atoms with Crippen LogP contribution in [0.5, 0.6) is 0 Å². The zero-order valence-corrected chi connectivity index (χ0v) is 22.4. The third kappa shape index (κ3) is 8.14. The highest BCUT2D eigenvalue weighted by Gasteiger charge is 2.40. The first-order valence-corrected chi connectivity index (χ1v) is 14.9. The lowest BCUT2D eigenvalue weighted by atomic mass is 9.77. The summed E-state index contributed by atoms with van der Waals surface area (Å²) in [5.41, 5.74) is 4.63. The van der Waals surface area contributed by atoms with Gasteiger partial charge in [0, 0.05) is 31.9 Å². The molecule has 6 heteroatoms. The van der Waals surface area contributed by atoms with Crippen LogP contribution in [0.3, 0.4) is 0 Å². The number of benzene rings is 2. The molecule has 0 aliphatic heterocycles. The van der Waals surface area contributed by atoms with Crippen LogP contribution in [0.4, 0.5) is 0 Å². The second-order valence-corrected chi connectivity index (χ2v) is 11.9. The van der Waals surface area contributed by atoms with Gasteiger partial charge in [0.15, 0.2) is 0 Å². The predicted molar refractivity (Wildman–Crippen MR) is 143 cm³/mol. The first-order valence-electron chi connectivity index (χ1n) is 13.0. The van der Waals surface area contributed by atoms with E-state index in [1.54, 1.807) is 6.08 Å². The minimum absolute atomic E-state index is 0.622. The minimum atomic E-state index is -2.54. The van der Waals surface area contributed by atoms with Gasteiger partial charge < -0.3 is 18.4 Å². The zero-order chi connectivity index (χ0) is 25.1. The fourth-order valence-electron chi connectivity index (χ4n) is 5.07. The summed E-state index contributed by atoms with van der Waals surface area (Å²) in [4.78, 5) is 10.7. The molecule has 0 saturated heterocycles. The Balaban J connectivity index is 1.53. The molecule has 3 rings (SSSR count). The number of carboxylic acid groups (broad SMARTS) is 1. The highest BCUT2D eigenvalue weighted by Crippen LogP contribution is 2.39. The lowest BCUT2D eigenvalue weighted by Gasteiger charge is -2.32. The van der Waals surface area contributed by atoms with E-state index >= 15 is 0 Å². The number of rotatable bonds is 13. The minimum Gasteiger partial charge on any atom is -0.478 e. The van der Waals surface area contributed by atoms with Crippen molar-refractivity contribution in [1.29, 1.82) is 0 Å². The molecule has 2 aromatic carbocycles. The molecule has 0 radical (unpaired) electrons. The van der Waals surface area contributed by atoms with Gasteiger partial charge in [-0.05, 0) is 93.0 Å². The van der Waals surface area contributed by atoms with Crippen LogP contribution in [0.2, 0.25) is 6.04 Å². The molecule has 1 saturated carbocycles. The van der Waals surface area contributed by atoms with Gasteiger partial charge in [0.1, 0.15) is 0 Å². The number of carbonyl (C=O) groups is 1. The molecule has 0 amide bonds. The first kappa shape index (κ1) is 27.3. The van der Waals surface area contributed by atoms with Crippen LogP contribution < -0.4 is 0 Å². The molecular formula is C29H40O5Si. The topological polar surface area (TPSA) is 65.0 Å². The van der Waals surface area contributed by atoms with E-state index < -0.39 is 14.8 Å². The quantitative estimate of drug-likeness (QED) is 0.235. The van der Waals surface area contributed by atoms with Crippen LogP contribution in [0.1, 0.15) is 69.9 Å². The summed E-state index contributed by atoms with van der Waals surface area (Å²) >= 11 is 0. The van der Waals surface area contributed by atoms with E-state index in [0.717, 1.165) is 29.7 Å². The molecule has 5 nitrogen and oxygen atoms in total. The molecule has 0 aromatic heterocycles. The summed E-state index contributed by atoms with van der Waals surface area (Å²) in [6, 6.07) is 17.8. The smallest absolute Gasteiger partial charge is 0.478 e. The van der Waals surface area contributed by atoms with Crippen molar-refractivity contribution < 1.29 is 23.2 Å². The second kappa shape index (κ2) is 13.7. The molecule has 1 aliphatic rings. The molecule has 2 aromatic rings. The van der Waals surface area contributed by atoms with E-state index in [2.05, 4.69) is 24.3 Å². The van der Waals surface area contributed by atoms with Crippen LogP contribution >= 0.6 is 0 Å². The van der Waals surface area contributed by atoms with Crippen molar-refractivity contribution in [2.45, 2.75) is 64.8 Å². The van der Waals surface area contributed by atoms with Crippen molar-refractivity contribution in [3.05, 3.63) is 65.7 Å². The molecule has 35 heavy (non-hydrogen) atoms. The monoisotopic (exact) mass is 496 g/mol. The Bertz CT molecular complexity index is 914. The Morgan fingerprint density at radius 2 is 1.37 bits per heavy atom. The van der Waals surface area contributed by atoms with Gasteiger partial charge in [-0.15, -0.1) is 0 Å². The van der Waals surface area contributed by atoms with Gasteiger partial charge in [0.2, 0.25) is 0 Å². The zero-order valence-electron chi connectivity index (χ0n) is 21.4. The van der Waals surface area contributed by atoms with Crippen molar-refractivity contribution in [3.63, 3.8) is 0 Å². The molecule has 0 unspecified atom stereocenters. The molecule has 1 N–H and O–H groups in total. The van der Waals surface area contributed by atoms with E-state index in [4.69, 9.17) is 18.4 Å². The van der Waals surface area contributed by atoms with E-state index in [1.807, 2.05) is 45.0 Å². The van der Waals surface area contributed by atoms with Crippen LogP contribution in [0.25, 0.3) is 17.2 Å². The average molecular weight is 497 g/mol. The molecule has 1 fully saturated rings. The van der Waals surface area contributed by atoms with Crippen LogP contribution in [0, 0.1) is 5.92 Å². The van der Waals surface area contributed by atoms with Gasteiger partial charge in [-0.2, -0.15) is 0 Å². The summed E-state index contributed by atoms with van der Waals surface area (Å²) in [5, 5.41) is 8.77. The fourth-order valence-corrected chi connectivity index (χ4v) is 7.83. The van der Waals surface area contributed by atoms with Gasteiger partial charge in [-0.1, -0.05) is 48.5 Å². The maximum absolute atomic E-state index is 10.7. The maximum Gasteiger partial charge on any atom is 0.500 e. The van der Waals surface area contributed by atoms with Crippen LogP contribution in [-0.2, 0) is 18.1 Å². The number of carboxylic acids is 1. The number of hydrogen-bond acceptors (Lipinski definition) is 4. The Labute approximate surface area is 211 Å². The maximum atomic E-state index is 10.7. The summed E-state index contributed by atoms with van der Waals surface area (Å²) < 4.78 is 18.1. The van der Waals surface area contributed by atoms with Crippen LogP contribution in [0.15, 0.2) is 54.6 Å². The van der Waals surface area contributed by atoms with Crippen LogP contribution in [-0.4, -0.2) is 39.7 Å². The van der Waals surface area contributed by atoms with E-state index in [-0.39, 0.29) is 0 Å². The SMILES string of the molecule is CCO[Si](CC[C@H]1CC[C@H](c2ccc(-c3ccc(/C=C/C(=O)O)cc3)cc2)CC1)(OCC)OCC. The Morgan fingerprint density at radius 3 is 1.86 bits per heavy atom. The standard InChI is InChI=1S/C29H40O5Si/c1-4-32-35(33-5-2,34-6-3)22-21-24-9-14-26(15-10-24)28-18-16-27(17-19-28)25-12-7-23(8-13-25)11-20-29(30)31/h7-8,11-13,16-20,24,26H,4-6,9-10,14-15,21-22H2,1-3H3,(H,30,31)/b20-11+/t24-,26-. The van der Waals surface area contributed by atoms with E-state index in [0.29, 0.717) is 31.7 Å². The second-order valence-electron chi connectivity index (χ2n) is 9.15. The lowest BCUT2D eigenvalue weighted by molar-refractivity contribution is -0.131. The van der Waals surface area contributed by atoms with Gasteiger partial charge in [-0.3, -0.25) is 0 Å². The normalized spacial score (nSPS) is 18.7. The number of hydrogen-bond donors (Lipinski definition) is 1. The summed E-state index contributed by atoms with van der Waals surface area (Å²) in [6.07, 6.45) is 8.82.